The molecule has 3 aromatic rings. The molecule has 8 heteroatoms. The molecule has 8 nitrogen and oxygen atoms in total. The number of nitrogens with zero attached hydrogens (tertiary/aromatic N) is 6. The van der Waals surface area contributed by atoms with Gasteiger partial charge in [-0.05, 0) is 12.1 Å². The first-order valence-corrected chi connectivity index (χ1v) is 8.53. The van der Waals surface area contributed by atoms with Gasteiger partial charge in [-0.25, -0.2) is 14.8 Å². The molecule has 1 aromatic carbocycles. The van der Waals surface area contributed by atoms with Crippen LogP contribution in [-0.4, -0.2) is 52.2 Å². The van der Waals surface area contributed by atoms with Gasteiger partial charge in [0.1, 0.15) is 6.07 Å². The van der Waals surface area contributed by atoms with Crippen molar-refractivity contribution < 1.29 is 4.42 Å². The molecule has 1 aliphatic heterocycles. The van der Waals surface area contributed by atoms with Crippen molar-refractivity contribution in [2.24, 2.45) is 0 Å². The van der Waals surface area contributed by atoms with E-state index >= 15 is 0 Å². The maximum Gasteiger partial charge on any atom is 0.419 e. The molecule has 0 amide bonds. The van der Waals surface area contributed by atoms with Crippen LogP contribution in [0, 0.1) is 11.3 Å². The molecule has 1 aliphatic rings. The van der Waals surface area contributed by atoms with Gasteiger partial charge in [-0.2, -0.15) is 5.26 Å². The second-order valence-electron chi connectivity index (χ2n) is 6.16. The Morgan fingerprint density at radius 2 is 1.85 bits per heavy atom. The first-order valence-electron chi connectivity index (χ1n) is 8.53. The lowest BCUT2D eigenvalue weighted by Gasteiger charge is -2.35. The van der Waals surface area contributed by atoms with Crippen molar-refractivity contribution in [1.29, 1.82) is 5.26 Å². The summed E-state index contributed by atoms with van der Waals surface area (Å²) < 4.78 is 6.95. The smallest absolute Gasteiger partial charge is 0.408 e. The highest BCUT2D eigenvalue weighted by atomic mass is 16.4. The summed E-state index contributed by atoms with van der Waals surface area (Å²) in [6.07, 6.45) is 3.14. The summed E-state index contributed by atoms with van der Waals surface area (Å²) in [5, 5.41) is 9.17. The molecular formula is C18H18N6O2. The van der Waals surface area contributed by atoms with Crippen molar-refractivity contribution in [3.05, 3.63) is 52.9 Å². The first kappa shape index (κ1) is 16.3. The Morgan fingerprint density at radius 3 is 2.65 bits per heavy atom. The van der Waals surface area contributed by atoms with Crippen molar-refractivity contribution in [3.8, 4) is 6.07 Å². The summed E-state index contributed by atoms with van der Waals surface area (Å²) in [7, 11) is 0. The topological polar surface area (TPSA) is 91.2 Å². The van der Waals surface area contributed by atoms with Gasteiger partial charge in [0.2, 0.25) is 0 Å². The number of aromatic nitrogens is 3. The largest absolute Gasteiger partial charge is 0.419 e. The summed E-state index contributed by atoms with van der Waals surface area (Å²) in [5.41, 5.74) is 1.81. The summed E-state index contributed by atoms with van der Waals surface area (Å²) >= 11 is 0. The van der Waals surface area contributed by atoms with E-state index in [1.54, 1.807) is 16.8 Å². The molecule has 0 N–H and O–H groups in total. The van der Waals surface area contributed by atoms with E-state index in [9.17, 15) is 10.1 Å². The van der Waals surface area contributed by atoms with Gasteiger partial charge >= 0.3 is 5.76 Å². The van der Waals surface area contributed by atoms with Crippen molar-refractivity contribution in [2.45, 2.75) is 6.54 Å². The molecule has 26 heavy (non-hydrogen) atoms. The molecule has 0 atom stereocenters. The van der Waals surface area contributed by atoms with Crippen LogP contribution in [0.25, 0.3) is 11.1 Å². The fourth-order valence-electron chi connectivity index (χ4n) is 3.29. The highest BCUT2D eigenvalue weighted by Crippen LogP contribution is 2.16. The number of piperazine rings is 1. The highest BCUT2D eigenvalue weighted by Gasteiger charge is 2.21. The third-order valence-electron chi connectivity index (χ3n) is 4.67. The van der Waals surface area contributed by atoms with E-state index in [-0.39, 0.29) is 5.76 Å². The van der Waals surface area contributed by atoms with Gasteiger partial charge in [0, 0.05) is 51.7 Å². The number of para-hydroxylation sites is 2. The van der Waals surface area contributed by atoms with Crippen LogP contribution in [0.1, 0.15) is 5.69 Å². The van der Waals surface area contributed by atoms with Crippen LogP contribution in [0.3, 0.4) is 0 Å². The Morgan fingerprint density at radius 1 is 1.08 bits per heavy atom. The number of benzene rings is 1. The van der Waals surface area contributed by atoms with Gasteiger partial charge in [-0.3, -0.25) is 9.47 Å². The second kappa shape index (κ2) is 6.98. The highest BCUT2D eigenvalue weighted by molar-refractivity contribution is 5.72. The van der Waals surface area contributed by atoms with E-state index in [0.29, 0.717) is 23.6 Å². The molecule has 3 heterocycles. The Bertz CT molecular complexity index is 1010. The molecule has 0 aliphatic carbocycles. The Labute approximate surface area is 149 Å². The van der Waals surface area contributed by atoms with E-state index in [0.717, 1.165) is 38.2 Å². The Balaban J connectivity index is 1.39. The van der Waals surface area contributed by atoms with Crippen LogP contribution >= 0.6 is 0 Å². The third kappa shape index (κ3) is 3.05. The zero-order valence-electron chi connectivity index (χ0n) is 14.2. The summed E-state index contributed by atoms with van der Waals surface area (Å²) in [6.45, 7) is 4.58. The second-order valence-corrected chi connectivity index (χ2v) is 6.16. The molecule has 1 saturated heterocycles. The zero-order valence-corrected chi connectivity index (χ0v) is 14.2. The molecular weight excluding hydrogens is 332 g/mol. The van der Waals surface area contributed by atoms with Gasteiger partial charge in [-0.1, -0.05) is 12.1 Å². The fourth-order valence-corrected chi connectivity index (χ4v) is 3.29. The molecule has 0 unspecified atom stereocenters. The Kier molecular flexibility index (Phi) is 4.37. The number of oxazole rings is 1. The van der Waals surface area contributed by atoms with E-state index in [2.05, 4.69) is 25.8 Å². The normalized spacial score (nSPS) is 15.3. The van der Waals surface area contributed by atoms with Crippen molar-refractivity contribution in [3.63, 3.8) is 0 Å². The maximum absolute atomic E-state index is 12.0. The number of nitriles is 1. The Hall–Kier alpha value is -3.18. The predicted molar refractivity (Wildman–Crippen MR) is 95.9 cm³/mol. The standard InChI is InChI=1S/C18H18N6O2/c19-13-14-17(21-6-5-20-14)23-10-7-22(8-11-23)9-12-24-15-3-1-2-4-16(15)26-18(24)25/h1-6H,7-12H2. The molecule has 4 rings (SSSR count). The number of anilines is 1. The molecule has 0 radical (unpaired) electrons. The van der Waals surface area contributed by atoms with Crippen LogP contribution in [0.4, 0.5) is 5.82 Å². The average Bonchev–Trinajstić information content (AvgIpc) is 3.02. The molecule has 2 aromatic heterocycles. The lowest BCUT2D eigenvalue weighted by molar-refractivity contribution is 0.246. The molecule has 1 fully saturated rings. The van der Waals surface area contributed by atoms with E-state index in [1.165, 1.54) is 6.20 Å². The minimum absolute atomic E-state index is 0.317. The van der Waals surface area contributed by atoms with Crippen LogP contribution in [0.15, 0.2) is 45.9 Å². The van der Waals surface area contributed by atoms with Gasteiger partial charge < -0.3 is 9.32 Å². The monoisotopic (exact) mass is 350 g/mol. The predicted octanol–water partition coefficient (Wildman–Crippen LogP) is 1.08. The summed E-state index contributed by atoms with van der Waals surface area (Å²) in [5.74, 6) is 0.328. The van der Waals surface area contributed by atoms with Gasteiger partial charge in [0.15, 0.2) is 17.1 Å². The van der Waals surface area contributed by atoms with E-state index in [4.69, 9.17) is 4.42 Å². The van der Waals surface area contributed by atoms with Gasteiger partial charge in [-0.15, -0.1) is 0 Å². The van der Waals surface area contributed by atoms with Crippen molar-refractivity contribution >= 4 is 16.9 Å². The molecule has 0 spiro atoms. The summed E-state index contributed by atoms with van der Waals surface area (Å²) in [4.78, 5) is 24.8. The molecule has 132 valence electrons. The van der Waals surface area contributed by atoms with Crippen LogP contribution < -0.4 is 10.7 Å². The van der Waals surface area contributed by atoms with Gasteiger partial charge in [0.25, 0.3) is 0 Å². The molecule has 0 bridgehead atoms. The minimum atomic E-state index is -0.317. The van der Waals surface area contributed by atoms with Crippen LogP contribution in [0.5, 0.6) is 0 Å². The summed E-state index contributed by atoms with van der Waals surface area (Å²) in [6, 6.07) is 9.56. The van der Waals surface area contributed by atoms with Crippen LogP contribution in [-0.2, 0) is 6.54 Å². The van der Waals surface area contributed by atoms with Crippen molar-refractivity contribution in [1.82, 2.24) is 19.4 Å². The SMILES string of the molecule is N#Cc1nccnc1N1CCN(CCn2c(=O)oc3ccccc32)CC1. The number of hydrogen-bond donors (Lipinski definition) is 0. The molecule has 0 saturated carbocycles. The first-order chi connectivity index (χ1) is 12.8. The number of rotatable bonds is 4. The minimum Gasteiger partial charge on any atom is -0.408 e. The lowest BCUT2D eigenvalue weighted by Crippen LogP contribution is -2.48. The fraction of sp³-hybridized carbons (Fsp3) is 0.333. The number of hydrogen-bond acceptors (Lipinski definition) is 7. The maximum atomic E-state index is 12.0. The quantitative estimate of drug-likeness (QED) is 0.695. The third-order valence-corrected chi connectivity index (χ3v) is 4.67. The van der Waals surface area contributed by atoms with E-state index in [1.807, 2.05) is 18.2 Å². The van der Waals surface area contributed by atoms with Crippen LogP contribution in [0.2, 0.25) is 0 Å². The van der Waals surface area contributed by atoms with Crippen molar-refractivity contribution in [2.75, 3.05) is 37.6 Å². The number of fused-ring (bicyclic) bond motifs is 1. The van der Waals surface area contributed by atoms with E-state index < -0.39 is 0 Å². The zero-order chi connectivity index (χ0) is 17.9. The average molecular weight is 350 g/mol. The lowest BCUT2D eigenvalue weighted by atomic mass is 10.3. The van der Waals surface area contributed by atoms with Gasteiger partial charge in [0.05, 0.1) is 5.52 Å².